The number of nitrogens with zero attached hydrogens (tertiary/aromatic N) is 1. The van der Waals surface area contributed by atoms with E-state index in [-0.39, 0.29) is 12.7 Å². The van der Waals surface area contributed by atoms with Crippen LogP contribution in [0.4, 0.5) is 0 Å². The molecule has 0 bridgehead atoms. The summed E-state index contributed by atoms with van der Waals surface area (Å²) in [6, 6.07) is 6.69. The van der Waals surface area contributed by atoms with Crippen molar-refractivity contribution in [2.75, 3.05) is 6.79 Å². The van der Waals surface area contributed by atoms with Gasteiger partial charge in [-0.05, 0) is 24.3 Å². The maximum Gasteiger partial charge on any atom is 0.256 e. The van der Waals surface area contributed by atoms with Crippen LogP contribution in [0, 0.1) is 0 Å². The van der Waals surface area contributed by atoms with Crippen LogP contribution in [-0.4, -0.2) is 22.8 Å². The van der Waals surface area contributed by atoms with E-state index in [2.05, 4.69) is 10.3 Å². The minimum atomic E-state index is -1.57. The van der Waals surface area contributed by atoms with E-state index in [1.807, 2.05) is 0 Å². The van der Waals surface area contributed by atoms with Crippen molar-refractivity contribution >= 4 is 5.91 Å². The van der Waals surface area contributed by atoms with Crippen LogP contribution >= 0.6 is 0 Å². The number of nitrogens with one attached hydrogen (secondary N) is 1. The summed E-state index contributed by atoms with van der Waals surface area (Å²) in [5.41, 5.74) is -0.208. The Morgan fingerprint density at radius 3 is 3.00 bits per heavy atom. The molecule has 2 N–H and O–H groups in total. The molecule has 2 aliphatic heterocycles. The summed E-state index contributed by atoms with van der Waals surface area (Å²) in [5, 5.41) is 13.4. The zero-order valence-electron chi connectivity index (χ0n) is 10.3. The van der Waals surface area contributed by atoms with Gasteiger partial charge in [0.2, 0.25) is 6.79 Å². The number of amides is 1. The summed E-state index contributed by atoms with van der Waals surface area (Å²) >= 11 is 0. The van der Waals surface area contributed by atoms with E-state index in [0.717, 1.165) is 0 Å². The fraction of sp³-hybridized carbons (Fsp3) is 0.143. The van der Waals surface area contributed by atoms with Crippen molar-refractivity contribution in [1.82, 2.24) is 10.3 Å². The SMILES string of the molecule is O=C1NC(O)(c2ccc3c(c2)OCO3)c2ccncc21. The summed E-state index contributed by atoms with van der Waals surface area (Å²) in [6.45, 7) is 0.157. The number of rotatable bonds is 1. The first-order valence-electron chi connectivity index (χ1n) is 6.08. The van der Waals surface area contributed by atoms with Gasteiger partial charge >= 0.3 is 0 Å². The minimum Gasteiger partial charge on any atom is -0.454 e. The fourth-order valence-electron chi connectivity index (χ4n) is 2.54. The van der Waals surface area contributed by atoms with Gasteiger partial charge in [0.1, 0.15) is 0 Å². The van der Waals surface area contributed by atoms with E-state index in [0.29, 0.717) is 28.2 Å². The summed E-state index contributed by atoms with van der Waals surface area (Å²) < 4.78 is 10.5. The topological polar surface area (TPSA) is 80.7 Å². The minimum absolute atomic E-state index is 0.157. The average Bonchev–Trinajstić information content (AvgIpc) is 3.03. The number of ether oxygens (including phenoxy) is 2. The monoisotopic (exact) mass is 270 g/mol. The quantitative estimate of drug-likeness (QED) is 0.799. The van der Waals surface area contributed by atoms with E-state index < -0.39 is 5.72 Å². The van der Waals surface area contributed by atoms with Gasteiger partial charge in [-0.1, -0.05) is 0 Å². The molecule has 1 aromatic heterocycles. The predicted molar refractivity (Wildman–Crippen MR) is 67.3 cm³/mol. The summed E-state index contributed by atoms with van der Waals surface area (Å²) in [6.07, 6.45) is 2.98. The lowest BCUT2D eigenvalue weighted by Crippen LogP contribution is -2.40. The summed E-state index contributed by atoms with van der Waals surface area (Å²) in [4.78, 5) is 15.8. The Hall–Kier alpha value is -2.60. The van der Waals surface area contributed by atoms with Gasteiger partial charge in [0.15, 0.2) is 17.2 Å². The van der Waals surface area contributed by atoms with E-state index in [4.69, 9.17) is 9.47 Å². The molecular weight excluding hydrogens is 260 g/mol. The highest BCUT2D eigenvalue weighted by Gasteiger charge is 2.43. The molecule has 100 valence electrons. The molecule has 0 fully saturated rings. The number of carbonyl (C=O) groups is 1. The van der Waals surface area contributed by atoms with E-state index in [1.54, 1.807) is 24.3 Å². The molecule has 4 rings (SSSR count). The maximum absolute atomic E-state index is 11.9. The van der Waals surface area contributed by atoms with E-state index in [1.165, 1.54) is 12.4 Å². The Morgan fingerprint density at radius 2 is 2.10 bits per heavy atom. The molecule has 0 aliphatic carbocycles. The van der Waals surface area contributed by atoms with Crippen LogP contribution in [0.1, 0.15) is 21.5 Å². The largest absolute Gasteiger partial charge is 0.454 e. The van der Waals surface area contributed by atoms with Crippen LogP contribution in [-0.2, 0) is 5.72 Å². The van der Waals surface area contributed by atoms with Crippen molar-refractivity contribution in [3.8, 4) is 11.5 Å². The molecule has 2 aromatic rings. The van der Waals surface area contributed by atoms with Gasteiger partial charge in [-0.15, -0.1) is 0 Å². The first-order chi connectivity index (χ1) is 9.68. The maximum atomic E-state index is 11.9. The van der Waals surface area contributed by atoms with Gasteiger partial charge in [-0.2, -0.15) is 0 Å². The number of pyridine rings is 1. The first kappa shape index (κ1) is 11.2. The van der Waals surface area contributed by atoms with Crippen molar-refractivity contribution in [3.05, 3.63) is 53.3 Å². The molecule has 0 saturated heterocycles. The molecular formula is C14H10N2O4. The molecule has 0 spiro atoms. The standard InChI is InChI=1S/C14H10N2O4/c17-13-9-6-15-4-3-10(9)14(18,16-13)8-1-2-11-12(5-8)20-7-19-11/h1-6,18H,7H2,(H,16,17). The molecule has 6 nitrogen and oxygen atoms in total. The Balaban J connectivity index is 1.88. The van der Waals surface area contributed by atoms with Gasteiger partial charge in [0.05, 0.1) is 5.56 Å². The molecule has 6 heteroatoms. The van der Waals surface area contributed by atoms with Gasteiger partial charge in [-0.25, -0.2) is 0 Å². The van der Waals surface area contributed by atoms with Gasteiger partial charge < -0.3 is 19.9 Å². The fourth-order valence-corrected chi connectivity index (χ4v) is 2.54. The van der Waals surface area contributed by atoms with Crippen LogP contribution in [0.25, 0.3) is 0 Å². The van der Waals surface area contributed by atoms with Crippen LogP contribution in [0.5, 0.6) is 11.5 Å². The molecule has 20 heavy (non-hydrogen) atoms. The van der Waals surface area contributed by atoms with Crippen molar-refractivity contribution in [2.24, 2.45) is 0 Å². The highest BCUT2D eigenvalue weighted by atomic mass is 16.7. The second-order valence-corrected chi connectivity index (χ2v) is 4.65. The third kappa shape index (κ3) is 1.36. The highest BCUT2D eigenvalue weighted by Crippen LogP contribution is 2.39. The summed E-state index contributed by atoms with van der Waals surface area (Å²) in [7, 11) is 0. The number of hydrogen-bond donors (Lipinski definition) is 2. The predicted octanol–water partition coefficient (Wildman–Crippen LogP) is 0.747. The zero-order valence-corrected chi connectivity index (χ0v) is 10.3. The lowest BCUT2D eigenvalue weighted by Gasteiger charge is -2.24. The molecule has 1 atom stereocenters. The number of carbonyl (C=O) groups excluding carboxylic acids is 1. The average molecular weight is 270 g/mol. The third-order valence-corrected chi connectivity index (χ3v) is 3.54. The van der Waals surface area contributed by atoms with Crippen molar-refractivity contribution < 1.29 is 19.4 Å². The molecule has 1 unspecified atom stereocenters. The van der Waals surface area contributed by atoms with Crippen molar-refractivity contribution in [3.63, 3.8) is 0 Å². The third-order valence-electron chi connectivity index (χ3n) is 3.54. The van der Waals surface area contributed by atoms with Crippen LogP contribution in [0.2, 0.25) is 0 Å². The number of aromatic nitrogens is 1. The number of aliphatic hydroxyl groups is 1. The van der Waals surface area contributed by atoms with Crippen LogP contribution in [0.15, 0.2) is 36.7 Å². The van der Waals surface area contributed by atoms with Crippen molar-refractivity contribution in [2.45, 2.75) is 5.72 Å². The lowest BCUT2D eigenvalue weighted by molar-refractivity contribution is 0.0474. The molecule has 0 radical (unpaired) electrons. The normalized spacial score (nSPS) is 22.6. The summed E-state index contributed by atoms with van der Waals surface area (Å²) in [5.74, 6) is 0.817. The molecule has 2 aliphatic rings. The van der Waals surface area contributed by atoms with Gasteiger partial charge in [-0.3, -0.25) is 9.78 Å². The smallest absolute Gasteiger partial charge is 0.256 e. The molecule has 1 aromatic carbocycles. The van der Waals surface area contributed by atoms with Crippen LogP contribution in [0.3, 0.4) is 0 Å². The zero-order chi connectivity index (χ0) is 13.7. The molecule has 3 heterocycles. The van der Waals surface area contributed by atoms with Gasteiger partial charge in [0.25, 0.3) is 5.91 Å². The van der Waals surface area contributed by atoms with E-state index in [9.17, 15) is 9.90 Å². The highest BCUT2D eigenvalue weighted by molar-refractivity contribution is 6.00. The van der Waals surface area contributed by atoms with Crippen LogP contribution < -0.4 is 14.8 Å². The lowest BCUT2D eigenvalue weighted by atomic mass is 9.95. The second kappa shape index (κ2) is 3.71. The Morgan fingerprint density at radius 1 is 1.25 bits per heavy atom. The number of fused-ring (bicyclic) bond motifs is 2. The Kier molecular flexibility index (Phi) is 2.08. The molecule has 0 saturated carbocycles. The first-order valence-corrected chi connectivity index (χ1v) is 6.08. The van der Waals surface area contributed by atoms with Crippen molar-refractivity contribution in [1.29, 1.82) is 0 Å². The number of benzene rings is 1. The Labute approximate surface area is 114 Å². The number of hydrogen-bond acceptors (Lipinski definition) is 5. The second-order valence-electron chi connectivity index (χ2n) is 4.65. The van der Waals surface area contributed by atoms with E-state index >= 15 is 0 Å². The molecule has 1 amide bonds. The Bertz CT molecular complexity index is 731. The van der Waals surface area contributed by atoms with Gasteiger partial charge in [0, 0.05) is 23.5 Å².